The van der Waals surface area contributed by atoms with Crippen LogP contribution in [0.4, 0.5) is 0 Å². The van der Waals surface area contributed by atoms with Crippen molar-refractivity contribution in [2.75, 3.05) is 6.61 Å². The van der Waals surface area contributed by atoms with Crippen LogP contribution in [-0.4, -0.2) is 30.8 Å². The molecule has 0 aromatic heterocycles. The molecule has 0 bridgehead atoms. The summed E-state index contributed by atoms with van der Waals surface area (Å²) in [6.45, 7) is 2.65. The Labute approximate surface area is 163 Å². The van der Waals surface area contributed by atoms with Crippen LogP contribution in [0.1, 0.15) is 25.5 Å². The van der Waals surface area contributed by atoms with Crippen molar-refractivity contribution in [1.82, 2.24) is 0 Å². The number of benzene rings is 2. The molecule has 28 heavy (non-hydrogen) atoms. The predicted molar refractivity (Wildman–Crippen MR) is 102 cm³/mol. The largest absolute Gasteiger partial charge is 0.463 e. The van der Waals surface area contributed by atoms with Gasteiger partial charge in [0.25, 0.3) is 0 Å². The molecular weight excluding hydrogens is 360 g/mol. The third-order valence-electron chi connectivity index (χ3n) is 4.10. The summed E-state index contributed by atoms with van der Waals surface area (Å²) >= 11 is 0. The molecule has 3 rings (SSSR count). The average Bonchev–Trinajstić information content (AvgIpc) is 2.68. The van der Waals surface area contributed by atoms with Crippen LogP contribution in [0.2, 0.25) is 0 Å². The van der Waals surface area contributed by atoms with E-state index in [4.69, 9.17) is 18.9 Å². The van der Waals surface area contributed by atoms with Crippen LogP contribution in [-0.2, 0) is 23.8 Å². The van der Waals surface area contributed by atoms with Gasteiger partial charge in [0.1, 0.15) is 36.4 Å². The smallest absolute Gasteiger partial charge is 0.303 e. The highest BCUT2D eigenvalue weighted by molar-refractivity contribution is 5.67. The third-order valence-corrected chi connectivity index (χ3v) is 4.10. The first-order chi connectivity index (χ1) is 13.5. The number of esters is 2. The maximum absolute atomic E-state index is 11.3. The lowest BCUT2D eigenvalue weighted by Crippen LogP contribution is -2.39. The molecule has 3 atom stereocenters. The fourth-order valence-corrected chi connectivity index (χ4v) is 2.83. The molecule has 6 heteroatoms. The van der Waals surface area contributed by atoms with E-state index in [1.165, 1.54) is 13.8 Å². The van der Waals surface area contributed by atoms with Gasteiger partial charge in [0.2, 0.25) is 0 Å². The molecule has 0 spiro atoms. The number of carbonyl (C=O) groups is 2. The minimum absolute atomic E-state index is 0.00330. The van der Waals surface area contributed by atoms with E-state index >= 15 is 0 Å². The molecule has 0 saturated carbocycles. The van der Waals surface area contributed by atoms with Crippen LogP contribution in [0, 0.1) is 0 Å². The summed E-state index contributed by atoms with van der Waals surface area (Å²) in [6, 6.07) is 17.0. The van der Waals surface area contributed by atoms with E-state index < -0.39 is 24.1 Å². The fourth-order valence-electron chi connectivity index (χ4n) is 2.83. The van der Waals surface area contributed by atoms with Crippen LogP contribution in [0.25, 0.3) is 0 Å². The van der Waals surface area contributed by atoms with Gasteiger partial charge in [-0.05, 0) is 35.9 Å². The minimum Gasteiger partial charge on any atom is -0.463 e. The summed E-state index contributed by atoms with van der Waals surface area (Å²) in [5, 5.41) is 0. The van der Waals surface area contributed by atoms with Crippen molar-refractivity contribution in [2.45, 2.75) is 32.2 Å². The molecule has 0 radical (unpaired) electrons. The summed E-state index contributed by atoms with van der Waals surface area (Å²) < 4.78 is 22.1. The topological polar surface area (TPSA) is 71.1 Å². The number of carbonyl (C=O) groups excluding carboxylic acids is 2. The molecule has 6 nitrogen and oxygen atoms in total. The fraction of sp³-hybridized carbons (Fsp3) is 0.273. The minimum atomic E-state index is -0.603. The zero-order valence-corrected chi connectivity index (χ0v) is 15.7. The molecule has 2 aromatic carbocycles. The van der Waals surface area contributed by atoms with Gasteiger partial charge in [0.15, 0.2) is 0 Å². The van der Waals surface area contributed by atoms with Crippen LogP contribution in [0.3, 0.4) is 0 Å². The maximum Gasteiger partial charge on any atom is 0.303 e. The van der Waals surface area contributed by atoms with Crippen molar-refractivity contribution < 1.29 is 28.5 Å². The number of ether oxygens (including phenoxy) is 4. The lowest BCUT2D eigenvalue weighted by atomic mass is 10.0. The summed E-state index contributed by atoms with van der Waals surface area (Å²) in [4.78, 5) is 22.4. The van der Waals surface area contributed by atoms with Crippen molar-refractivity contribution >= 4 is 11.9 Å². The molecule has 0 N–H and O–H groups in total. The van der Waals surface area contributed by atoms with Gasteiger partial charge in [-0.15, -0.1) is 0 Å². The molecule has 0 saturated heterocycles. The molecular formula is C22H22O6. The predicted octanol–water partition coefficient (Wildman–Crippen LogP) is 3.97. The van der Waals surface area contributed by atoms with E-state index in [-0.39, 0.29) is 12.7 Å². The highest BCUT2D eigenvalue weighted by Gasteiger charge is 2.31. The van der Waals surface area contributed by atoms with Gasteiger partial charge in [-0.25, -0.2) is 0 Å². The van der Waals surface area contributed by atoms with E-state index in [2.05, 4.69) is 0 Å². The van der Waals surface area contributed by atoms with E-state index in [1.54, 1.807) is 6.08 Å². The van der Waals surface area contributed by atoms with E-state index in [1.807, 2.05) is 60.7 Å². The Bertz CT molecular complexity index is 828. The maximum atomic E-state index is 11.3. The molecule has 0 amide bonds. The van der Waals surface area contributed by atoms with Gasteiger partial charge < -0.3 is 18.9 Å². The molecule has 1 aliphatic heterocycles. The quantitative estimate of drug-likeness (QED) is 0.556. The second-order valence-electron chi connectivity index (χ2n) is 6.34. The number of para-hydroxylation sites is 1. The summed E-state index contributed by atoms with van der Waals surface area (Å²) in [5.41, 5.74) is 0.908. The molecule has 1 aliphatic rings. The zero-order valence-electron chi connectivity index (χ0n) is 15.7. The second kappa shape index (κ2) is 9.19. The lowest BCUT2D eigenvalue weighted by molar-refractivity contribution is -0.163. The first kappa shape index (κ1) is 19.6. The van der Waals surface area contributed by atoms with Gasteiger partial charge >= 0.3 is 11.9 Å². The van der Waals surface area contributed by atoms with Crippen molar-refractivity contribution in [1.29, 1.82) is 0 Å². The number of rotatable bonds is 6. The van der Waals surface area contributed by atoms with Crippen LogP contribution >= 0.6 is 0 Å². The monoisotopic (exact) mass is 382 g/mol. The van der Waals surface area contributed by atoms with E-state index in [0.29, 0.717) is 5.75 Å². The standard InChI is InChI=1S/C22H22O6/c1-15(23)25-14-22-21(26-16(2)24)13-12-20(28-22)17-8-10-19(11-9-17)27-18-6-4-3-5-7-18/h3-13,20-22H,14H2,1-2H3/t20-,21-,22+/m0/s1. The summed E-state index contributed by atoms with van der Waals surface area (Å²) in [6.07, 6.45) is 2.05. The van der Waals surface area contributed by atoms with Crippen LogP contribution < -0.4 is 4.74 Å². The van der Waals surface area contributed by atoms with E-state index in [9.17, 15) is 9.59 Å². The first-order valence-electron chi connectivity index (χ1n) is 8.98. The van der Waals surface area contributed by atoms with Crippen molar-refractivity contribution in [3.63, 3.8) is 0 Å². The van der Waals surface area contributed by atoms with Crippen molar-refractivity contribution in [3.8, 4) is 11.5 Å². The molecule has 0 fully saturated rings. The zero-order chi connectivity index (χ0) is 19.9. The van der Waals surface area contributed by atoms with Gasteiger partial charge in [-0.1, -0.05) is 36.4 Å². The molecule has 2 aromatic rings. The number of hydrogen-bond acceptors (Lipinski definition) is 6. The van der Waals surface area contributed by atoms with Gasteiger partial charge in [-0.3, -0.25) is 9.59 Å². The lowest BCUT2D eigenvalue weighted by Gasteiger charge is -2.31. The Morgan fingerprint density at radius 2 is 1.57 bits per heavy atom. The second-order valence-corrected chi connectivity index (χ2v) is 6.34. The highest BCUT2D eigenvalue weighted by Crippen LogP contribution is 2.30. The average molecular weight is 382 g/mol. The third kappa shape index (κ3) is 5.44. The molecule has 1 heterocycles. The Balaban J connectivity index is 1.69. The molecule has 0 unspecified atom stereocenters. The van der Waals surface area contributed by atoms with Crippen molar-refractivity contribution in [2.24, 2.45) is 0 Å². The van der Waals surface area contributed by atoms with Gasteiger partial charge in [0, 0.05) is 13.8 Å². The molecule has 0 aliphatic carbocycles. The van der Waals surface area contributed by atoms with Gasteiger partial charge in [0.05, 0.1) is 0 Å². The Morgan fingerprint density at radius 1 is 0.893 bits per heavy atom. The van der Waals surface area contributed by atoms with Gasteiger partial charge in [-0.2, -0.15) is 0 Å². The Kier molecular flexibility index (Phi) is 6.45. The highest BCUT2D eigenvalue weighted by atomic mass is 16.6. The van der Waals surface area contributed by atoms with E-state index in [0.717, 1.165) is 11.3 Å². The summed E-state index contributed by atoms with van der Waals surface area (Å²) in [7, 11) is 0. The Morgan fingerprint density at radius 3 is 2.21 bits per heavy atom. The van der Waals surface area contributed by atoms with Crippen molar-refractivity contribution in [3.05, 3.63) is 72.3 Å². The summed E-state index contributed by atoms with van der Waals surface area (Å²) in [5.74, 6) is 0.629. The first-order valence-corrected chi connectivity index (χ1v) is 8.98. The van der Waals surface area contributed by atoms with Crippen LogP contribution in [0.5, 0.6) is 11.5 Å². The van der Waals surface area contributed by atoms with Crippen LogP contribution in [0.15, 0.2) is 66.7 Å². The normalized spacial score (nSPS) is 21.0. The Hall–Kier alpha value is -3.12. The number of hydrogen-bond donors (Lipinski definition) is 0. The SMILES string of the molecule is CC(=O)OC[C@H]1O[C@H](c2ccc(Oc3ccccc3)cc2)C=C[C@@H]1OC(C)=O. The molecule has 146 valence electrons.